The lowest BCUT2D eigenvalue weighted by atomic mass is 9.86. The molecule has 142 valence electrons. The number of nitrogens with zero attached hydrogens (tertiary/aromatic N) is 4. The fourth-order valence-corrected chi connectivity index (χ4v) is 4.06. The summed E-state index contributed by atoms with van der Waals surface area (Å²) in [6.07, 6.45) is 1.47. The van der Waals surface area contributed by atoms with Crippen LogP contribution in [-0.2, 0) is 6.42 Å². The average Bonchev–Trinajstić information content (AvgIpc) is 2.67. The summed E-state index contributed by atoms with van der Waals surface area (Å²) in [7, 11) is 1.69. The Hall–Kier alpha value is -2.63. The first-order valence-electron chi connectivity index (χ1n) is 9.60. The van der Waals surface area contributed by atoms with Crippen LogP contribution in [-0.4, -0.2) is 49.0 Å². The molecule has 0 saturated carbocycles. The number of rotatable bonds is 3. The number of methoxy groups -OCH3 is 1. The number of hydrogen-bond acceptors (Lipinski definition) is 6. The first-order chi connectivity index (χ1) is 13.0. The van der Waals surface area contributed by atoms with Crippen molar-refractivity contribution in [1.29, 1.82) is 0 Å². The maximum atomic E-state index is 12.3. The zero-order chi connectivity index (χ0) is 19.0. The largest absolute Gasteiger partial charge is 0.497 e. The van der Waals surface area contributed by atoms with E-state index in [1.807, 2.05) is 19.1 Å². The summed E-state index contributed by atoms with van der Waals surface area (Å²) in [5.41, 5.74) is 3.68. The van der Waals surface area contributed by atoms with E-state index in [9.17, 15) is 4.79 Å². The molecule has 0 amide bonds. The molecule has 2 aromatic rings. The van der Waals surface area contributed by atoms with E-state index >= 15 is 0 Å². The van der Waals surface area contributed by atoms with Gasteiger partial charge in [0.15, 0.2) is 5.78 Å². The number of anilines is 2. The van der Waals surface area contributed by atoms with Gasteiger partial charge in [-0.1, -0.05) is 13.0 Å². The standard InChI is InChI=1S/C21H26N4O2/c1-14-11-18-20(19(26)12-14)15(2)22-21(23-18)25-9-7-24(8-10-25)16-5-4-6-17(13-16)27-3/h4-6,13-14H,7-12H2,1-3H3. The van der Waals surface area contributed by atoms with Crippen LogP contribution in [0.3, 0.4) is 0 Å². The molecule has 1 aromatic heterocycles. The Balaban J connectivity index is 1.51. The summed E-state index contributed by atoms with van der Waals surface area (Å²) in [6, 6.07) is 8.17. The van der Waals surface area contributed by atoms with E-state index in [4.69, 9.17) is 9.72 Å². The number of fused-ring (bicyclic) bond motifs is 1. The zero-order valence-electron chi connectivity index (χ0n) is 16.2. The van der Waals surface area contributed by atoms with Crippen LogP contribution in [0.1, 0.15) is 35.1 Å². The van der Waals surface area contributed by atoms with Crippen LogP contribution in [0.5, 0.6) is 5.75 Å². The third kappa shape index (κ3) is 3.48. The van der Waals surface area contributed by atoms with Crippen molar-refractivity contribution < 1.29 is 9.53 Å². The second-order valence-electron chi connectivity index (χ2n) is 7.54. The maximum absolute atomic E-state index is 12.3. The SMILES string of the molecule is COc1cccc(N2CCN(c3nc(C)c4c(n3)CC(C)CC4=O)CC2)c1. The fourth-order valence-electron chi connectivity index (χ4n) is 4.06. The third-order valence-electron chi connectivity index (χ3n) is 5.49. The third-order valence-corrected chi connectivity index (χ3v) is 5.49. The predicted molar refractivity (Wildman–Crippen MR) is 106 cm³/mol. The number of ketones is 1. The molecular weight excluding hydrogens is 340 g/mol. The van der Waals surface area contributed by atoms with Gasteiger partial charge in [-0.3, -0.25) is 4.79 Å². The highest BCUT2D eigenvalue weighted by Crippen LogP contribution is 2.28. The van der Waals surface area contributed by atoms with Crippen LogP contribution in [0.2, 0.25) is 0 Å². The summed E-state index contributed by atoms with van der Waals surface area (Å²) in [4.78, 5) is 26.4. The van der Waals surface area contributed by atoms with Crippen molar-refractivity contribution in [3.8, 4) is 5.75 Å². The zero-order valence-corrected chi connectivity index (χ0v) is 16.2. The van der Waals surface area contributed by atoms with Crippen LogP contribution in [0.15, 0.2) is 24.3 Å². The lowest BCUT2D eigenvalue weighted by Crippen LogP contribution is -2.47. The molecule has 6 heteroatoms. The van der Waals surface area contributed by atoms with Gasteiger partial charge in [0.2, 0.25) is 5.95 Å². The highest BCUT2D eigenvalue weighted by Gasteiger charge is 2.28. The Morgan fingerprint density at radius 2 is 1.81 bits per heavy atom. The Labute approximate surface area is 160 Å². The van der Waals surface area contributed by atoms with Crippen LogP contribution in [0.25, 0.3) is 0 Å². The number of aryl methyl sites for hydroxylation is 1. The van der Waals surface area contributed by atoms with E-state index < -0.39 is 0 Å². The molecule has 27 heavy (non-hydrogen) atoms. The molecule has 1 unspecified atom stereocenters. The van der Waals surface area contributed by atoms with Crippen LogP contribution in [0.4, 0.5) is 11.6 Å². The van der Waals surface area contributed by atoms with Gasteiger partial charge in [-0.25, -0.2) is 9.97 Å². The second kappa shape index (κ2) is 7.18. The summed E-state index contributed by atoms with van der Waals surface area (Å²) in [5, 5.41) is 0. The normalized spacial score (nSPS) is 19.8. The van der Waals surface area contributed by atoms with Crippen molar-refractivity contribution >= 4 is 17.4 Å². The van der Waals surface area contributed by atoms with Crippen LogP contribution >= 0.6 is 0 Å². The molecule has 0 bridgehead atoms. The summed E-state index contributed by atoms with van der Waals surface area (Å²) in [6.45, 7) is 7.58. The van der Waals surface area contributed by atoms with Gasteiger partial charge in [0.25, 0.3) is 0 Å². The number of piperazine rings is 1. The Bertz CT molecular complexity index is 859. The average molecular weight is 366 g/mol. The molecule has 1 aromatic carbocycles. The highest BCUT2D eigenvalue weighted by atomic mass is 16.5. The molecule has 1 saturated heterocycles. The Morgan fingerprint density at radius 3 is 2.56 bits per heavy atom. The van der Waals surface area contributed by atoms with Gasteiger partial charge in [-0.15, -0.1) is 0 Å². The predicted octanol–water partition coefficient (Wildman–Crippen LogP) is 2.89. The van der Waals surface area contributed by atoms with E-state index in [0.717, 1.165) is 61.2 Å². The molecule has 6 nitrogen and oxygen atoms in total. The van der Waals surface area contributed by atoms with Gasteiger partial charge in [-0.2, -0.15) is 0 Å². The van der Waals surface area contributed by atoms with Gasteiger partial charge < -0.3 is 14.5 Å². The maximum Gasteiger partial charge on any atom is 0.225 e. The van der Waals surface area contributed by atoms with Crippen molar-refractivity contribution in [2.45, 2.75) is 26.7 Å². The van der Waals surface area contributed by atoms with E-state index in [1.165, 1.54) is 5.69 Å². The number of hydrogen-bond donors (Lipinski definition) is 0. The van der Waals surface area contributed by atoms with E-state index in [1.54, 1.807) is 7.11 Å². The lowest BCUT2D eigenvalue weighted by molar-refractivity contribution is 0.0951. The molecule has 1 aliphatic heterocycles. The molecule has 0 N–H and O–H groups in total. The van der Waals surface area contributed by atoms with Crippen molar-refractivity contribution in [1.82, 2.24) is 9.97 Å². The summed E-state index contributed by atoms with van der Waals surface area (Å²) < 4.78 is 5.33. The quantitative estimate of drug-likeness (QED) is 0.833. The second-order valence-corrected chi connectivity index (χ2v) is 7.54. The monoisotopic (exact) mass is 366 g/mol. The minimum Gasteiger partial charge on any atom is -0.497 e. The van der Waals surface area contributed by atoms with E-state index in [0.29, 0.717) is 12.3 Å². The Morgan fingerprint density at radius 1 is 1.07 bits per heavy atom. The summed E-state index contributed by atoms with van der Waals surface area (Å²) >= 11 is 0. The topological polar surface area (TPSA) is 58.6 Å². The van der Waals surface area contributed by atoms with Gasteiger partial charge in [0.1, 0.15) is 5.75 Å². The molecule has 2 aliphatic rings. The first kappa shape index (κ1) is 17.8. The number of ether oxygens (including phenoxy) is 1. The molecule has 1 fully saturated rings. The highest BCUT2D eigenvalue weighted by molar-refractivity contribution is 5.99. The lowest BCUT2D eigenvalue weighted by Gasteiger charge is -2.36. The molecule has 1 aliphatic carbocycles. The number of benzene rings is 1. The first-order valence-corrected chi connectivity index (χ1v) is 9.60. The Kier molecular flexibility index (Phi) is 4.72. The minimum atomic E-state index is 0.190. The van der Waals surface area contributed by atoms with Crippen molar-refractivity contribution in [2.75, 3.05) is 43.1 Å². The van der Waals surface area contributed by atoms with Gasteiger partial charge in [0.05, 0.1) is 24.1 Å². The minimum absolute atomic E-state index is 0.190. The molecule has 4 rings (SSSR count). The number of Topliss-reactive ketones (excluding diaryl/α,β-unsaturated/α-hetero) is 1. The van der Waals surface area contributed by atoms with E-state index in [2.05, 4.69) is 33.8 Å². The van der Waals surface area contributed by atoms with Crippen molar-refractivity contribution in [2.24, 2.45) is 5.92 Å². The number of carbonyl (C=O) groups excluding carboxylic acids is 1. The number of carbonyl (C=O) groups is 1. The summed E-state index contributed by atoms with van der Waals surface area (Å²) in [5.74, 6) is 2.19. The van der Waals surface area contributed by atoms with Gasteiger partial charge in [-0.05, 0) is 31.4 Å². The fraction of sp³-hybridized carbons (Fsp3) is 0.476. The molecule has 2 heterocycles. The molecule has 1 atom stereocenters. The number of aromatic nitrogens is 2. The van der Waals surface area contributed by atoms with Crippen LogP contribution < -0.4 is 14.5 Å². The smallest absolute Gasteiger partial charge is 0.225 e. The molecular formula is C21H26N4O2. The van der Waals surface area contributed by atoms with Gasteiger partial charge >= 0.3 is 0 Å². The van der Waals surface area contributed by atoms with E-state index in [-0.39, 0.29) is 5.78 Å². The molecule has 0 radical (unpaired) electrons. The van der Waals surface area contributed by atoms with Crippen LogP contribution in [0, 0.1) is 12.8 Å². The van der Waals surface area contributed by atoms with Gasteiger partial charge in [0, 0.05) is 44.4 Å². The van der Waals surface area contributed by atoms with Crippen molar-refractivity contribution in [3.63, 3.8) is 0 Å². The van der Waals surface area contributed by atoms with Crippen molar-refractivity contribution in [3.05, 3.63) is 41.2 Å². The molecule has 0 spiro atoms.